The number of aryl methyl sites for hydroxylation is 1. The van der Waals surface area contributed by atoms with Crippen LogP contribution in [0.5, 0.6) is 0 Å². The van der Waals surface area contributed by atoms with Gasteiger partial charge in [-0.05, 0) is 17.7 Å². The molecule has 9 nitrogen and oxygen atoms in total. The Bertz CT molecular complexity index is 682. The maximum atomic E-state index is 12.2. The minimum absolute atomic E-state index is 0.0765. The second-order valence-corrected chi connectivity index (χ2v) is 5.69. The van der Waals surface area contributed by atoms with Crippen molar-refractivity contribution in [2.75, 3.05) is 16.6 Å². The molecule has 2 N–H and O–H groups in total. The zero-order chi connectivity index (χ0) is 14.6. The van der Waals surface area contributed by atoms with Gasteiger partial charge in [0.15, 0.2) is 0 Å². The Morgan fingerprint density at radius 3 is 2.85 bits per heavy atom. The number of pyridine rings is 1. The van der Waals surface area contributed by atoms with Gasteiger partial charge in [0, 0.05) is 18.8 Å². The summed E-state index contributed by atoms with van der Waals surface area (Å²) in [4.78, 5) is 5.30. The van der Waals surface area contributed by atoms with Crippen molar-refractivity contribution in [2.24, 2.45) is 7.05 Å². The van der Waals surface area contributed by atoms with Crippen LogP contribution in [0.15, 0.2) is 23.2 Å². The standard InChI is InChI=1S/C10H15N7O2S/c1-3-5-11-9-7-8(4-6-12-9)20(18,19)15-10-13-16-17(2)14-10/h4,6-7H,3,5H2,1-2H3,(H,11,12)(H,14,15). The second kappa shape index (κ2) is 5.82. The molecular weight excluding hydrogens is 282 g/mol. The SMILES string of the molecule is CCCNc1cc(S(=O)(=O)Nc2nnn(C)n2)ccn1. The lowest BCUT2D eigenvalue weighted by Crippen LogP contribution is -2.15. The molecule has 0 atom stereocenters. The molecule has 0 spiro atoms. The summed E-state index contributed by atoms with van der Waals surface area (Å²) >= 11 is 0. The average Bonchev–Trinajstić information content (AvgIpc) is 2.81. The number of hydrogen-bond acceptors (Lipinski definition) is 7. The van der Waals surface area contributed by atoms with E-state index in [1.807, 2.05) is 6.92 Å². The van der Waals surface area contributed by atoms with E-state index in [0.717, 1.165) is 13.0 Å². The van der Waals surface area contributed by atoms with E-state index in [1.54, 1.807) is 7.05 Å². The third kappa shape index (κ3) is 3.41. The topological polar surface area (TPSA) is 115 Å². The van der Waals surface area contributed by atoms with Crippen molar-refractivity contribution in [1.82, 2.24) is 25.2 Å². The van der Waals surface area contributed by atoms with Crippen molar-refractivity contribution in [1.29, 1.82) is 0 Å². The molecule has 0 unspecified atom stereocenters. The van der Waals surface area contributed by atoms with Gasteiger partial charge in [0.2, 0.25) is 0 Å². The number of tetrazole rings is 1. The number of nitrogens with zero attached hydrogens (tertiary/aromatic N) is 5. The summed E-state index contributed by atoms with van der Waals surface area (Å²) in [6.45, 7) is 2.73. The first kappa shape index (κ1) is 14.2. The van der Waals surface area contributed by atoms with Gasteiger partial charge in [0.25, 0.3) is 16.0 Å². The van der Waals surface area contributed by atoms with Gasteiger partial charge in [-0.3, -0.25) is 0 Å². The fourth-order valence-electron chi connectivity index (χ4n) is 1.43. The molecule has 2 heterocycles. The normalized spacial score (nSPS) is 11.3. The van der Waals surface area contributed by atoms with Crippen LogP contribution >= 0.6 is 0 Å². The van der Waals surface area contributed by atoms with Gasteiger partial charge in [-0.1, -0.05) is 12.0 Å². The van der Waals surface area contributed by atoms with E-state index in [-0.39, 0.29) is 10.8 Å². The van der Waals surface area contributed by atoms with Gasteiger partial charge in [-0.15, -0.1) is 5.10 Å². The van der Waals surface area contributed by atoms with E-state index in [2.05, 4.69) is 30.4 Å². The largest absolute Gasteiger partial charge is 0.370 e. The van der Waals surface area contributed by atoms with Gasteiger partial charge in [0.1, 0.15) is 5.82 Å². The van der Waals surface area contributed by atoms with Crippen LogP contribution in [0.2, 0.25) is 0 Å². The number of anilines is 2. The van der Waals surface area contributed by atoms with E-state index < -0.39 is 10.0 Å². The molecule has 0 aliphatic heterocycles. The summed E-state index contributed by atoms with van der Waals surface area (Å²) < 4.78 is 26.6. The number of nitrogens with one attached hydrogen (secondary N) is 2. The highest BCUT2D eigenvalue weighted by Gasteiger charge is 2.17. The van der Waals surface area contributed by atoms with E-state index >= 15 is 0 Å². The van der Waals surface area contributed by atoms with Crippen molar-refractivity contribution in [3.63, 3.8) is 0 Å². The zero-order valence-corrected chi connectivity index (χ0v) is 11.9. The first-order chi connectivity index (χ1) is 9.51. The Morgan fingerprint density at radius 1 is 1.40 bits per heavy atom. The smallest absolute Gasteiger partial charge is 0.277 e. The molecule has 20 heavy (non-hydrogen) atoms. The molecule has 2 aromatic heterocycles. The van der Waals surface area contributed by atoms with Crippen LogP contribution in [0.1, 0.15) is 13.3 Å². The van der Waals surface area contributed by atoms with Gasteiger partial charge < -0.3 is 5.32 Å². The lowest BCUT2D eigenvalue weighted by molar-refractivity contribution is 0.600. The molecular formula is C10H15N7O2S. The van der Waals surface area contributed by atoms with Crippen LogP contribution in [0, 0.1) is 0 Å². The van der Waals surface area contributed by atoms with E-state index in [9.17, 15) is 8.42 Å². The number of sulfonamides is 1. The number of hydrogen-bond donors (Lipinski definition) is 2. The summed E-state index contributed by atoms with van der Waals surface area (Å²) in [5.41, 5.74) is 0. The monoisotopic (exact) mass is 297 g/mol. The van der Waals surface area contributed by atoms with Crippen LogP contribution in [0.25, 0.3) is 0 Å². The fraction of sp³-hybridized carbons (Fsp3) is 0.400. The highest BCUT2D eigenvalue weighted by molar-refractivity contribution is 7.92. The van der Waals surface area contributed by atoms with E-state index in [4.69, 9.17) is 0 Å². The molecule has 2 rings (SSSR count). The molecule has 10 heteroatoms. The van der Waals surface area contributed by atoms with Crippen LogP contribution in [-0.2, 0) is 17.1 Å². The molecule has 0 amide bonds. The van der Waals surface area contributed by atoms with Crippen LogP contribution in [-0.4, -0.2) is 40.2 Å². The van der Waals surface area contributed by atoms with Crippen molar-refractivity contribution < 1.29 is 8.42 Å². The lowest BCUT2D eigenvalue weighted by Gasteiger charge is -2.07. The van der Waals surface area contributed by atoms with Crippen molar-refractivity contribution in [2.45, 2.75) is 18.2 Å². The summed E-state index contributed by atoms with van der Waals surface area (Å²) in [7, 11) is -2.21. The Morgan fingerprint density at radius 2 is 2.20 bits per heavy atom. The Labute approximate surface area is 116 Å². The average molecular weight is 297 g/mol. The number of rotatable bonds is 6. The second-order valence-electron chi connectivity index (χ2n) is 4.01. The fourth-order valence-corrected chi connectivity index (χ4v) is 2.38. The third-order valence-electron chi connectivity index (χ3n) is 2.33. The van der Waals surface area contributed by atoms with Gasteiger partial charge in [-0.2, -0.15) is 4.80 Å². The van der Waals surface area contributed by atoms with Gasteiger partial charge >= 0.3 is 0 Å². The molecule has 0 radical (unpaired) electrons. The molecule has 0 aliphatic rings. The summed E-state index contributed by atoms with van der Waals surface area (Å²) in [5.74, 6) is 0.425. The minimum Gasteiger partial charge on any atom is -0.370 e. The van der Waals surface area contributed by atoms with Crippen molar-refractivity contribution >= 4 is 21.8 Å². The summed E-state index contributed by atoms with van der Waals surface area (Å²) in [6.07, 6.45) is 2.34. The quantitative estimate of drug-likeness (QED) is 0.784. The molecule has 0 aromatic carbocycles. The van der Waals surface area contributed by atoms with Crippen LogP contribution in [0.4, 0.5) is 11.8 Å². The highest BCUT2D eigenvalue weighted by atomic mass is 32.2. The minimum atomic E-state index is -3.76. The maximum Gasteiger partial charge on any atom is 0.277 e. The Hall–Kier alpha value is -2.23. The van der Waals surface area contributed by atoms with Crippen LogP contribution < -0.4 is 10.0 Å². The van der Waals surface area contributed by atoms with Crippen molar-refractivity contribution in [3.8, 4) is 0 Å². The first-order valence-electron chi connectivity index (χ1n) is 5.98. The predicted octanol–water partition coefficient (Wildman–Crippen LogP) is 0.228. The van der Waals surface area contributed by atoms with Crippen LogP contribution in [0.3, 0.4) is 0 Å². The van der Waals surface area contributed by atoms with Crippen molar-refractivity contribution in [3.05, 3.63) is 18.3 Å². The highest BCUT2D eigenvalue weighted by Crippen LogP contribution is 2.15. The summed E-state index contributed by atoms with van der Waals surface area (Å²) in [5, 5.41) is 13.9. The number of aromatic nitrogens is 5. The van der Waals surface area contributed by atoms with Gasteiger partial charge in [0.05, 0.1) is 11.9 Å². The van der Waals surface area contributed by atoms with E-state index in [1.165, 1.54) is 23.1 Å². The predicted molar refractivity (Wildman–Crippen MR) is 72.6 cm³/mol. The molecule has 0 fully saturated rings. The Balaban J connectivity index is 2.20. The molecule has 0 aliphatic carbocycles. The molecule has 0 bridgehead atoms. The zero-order valence-electron chi connectivity index (χ0n) is 11.1. The molecule has 0 saturated heterocycles. The Kier molecular flexibility index (Phi) is 4.13. The first-order valence-corrected chi connectivity index (χ1v) is 7.46. The molecule has 0 saturated carbocycles. The summed E-state index contributed by atoms with van der Waals surface area (Å²) in [6, 6.07) is 2.85. The molecule has 108 valence electrons. The van der Waals surface area contributed by atoms with Gasteiger partial charge in [-0.25, -0.2) is 18.1 Å². The van der Waals surface area contributed by atoms with E-state index in [0.29, 0.717) is 5.82 Å². The lowest BCUT2D eigenvalue weighted by atomic mass is 10.4. The third-order valence-corrected chi connectivity index (χ3v) is 3.66. The maximum absolute atomic E-state index is 12.2. The molecule has 2 aromatic rings.